The number of sulfonamides is 1. The van der Waals surface area contributed by atoms with E-state index in [4.69, 9.17) is 5.73 Å². The highest BCUT2D eigenvalue weighted by Crippen LogP contribution is 2.08. The van der Waals surface area contributed by atoms with Crippen LogP contribution in [-0.4, -0.2) is 38.3 Å². The Morgan fingerprint density at radius 3 is 2.95 bits per heavy atom. The van der Waals surface area contributed by atoms with Crippen molar-refractivity contribution in [1.29, 1.82) is 0 Å². The second-order valence-electron chi connectivity index (χ2n) is 3.91. The molecule has 114 valence electrons. The van der Waals surface area contributed by atoms with Crippen molar-refractivity contribution < 1.29 is 17.9 Å². The molecule has 0 spiro atoms. The number of hydrogen-bond donors (Lipinski definition) is 2. The Balaban J connectivity index is 2.69. The summed E-state index contributed by atoms with van der Waals surface area (Å²) < 4.78 is 30.6. The molecule has 8 heteroatoms. The number of carbonyl (C=O) groups excluding carboxylic acids is 1. The minimum absolute atomic E-state index is 0.141. The van der Waals surface area contributed by atoms with Gasteiger partial charge in [-0.3, -0.25) is 9.52 Å². The van der Waals surface area contributed by atoms with Crippen LogP contribution in [0.3, 0.4) is 0 Å². The molecule has 0 aliphatic rings. The summed E-state index contributed by atoms with van der Waals surface area (Å²) in [5.41, 5.74) is 5.86. The second kappa shape index (κ2) is 8.24. The van der Waals surface area contributed by atoms with E-state index in [1.807, 2.05) is 0 Å². The molecule has 0 amide bonds. The van der Waals surface area contributed by atoms with Crippen LogP contribution in [-0.2, 0) is 19.6 Å². The van der Waals surface area contributed by atoms with E-state index in [-0.39, 0.29) is 31.1 Å². The number of anilines is 1. The fourth-order valence-electron chi connectivity index (χ4n) is 1.38. The highest BCUT2D eigenvalue weighted by molar-refractivity contribution is 7.92. The van der Waals surface area contributed by atoms with Crippen molar-refractivity contribution in [2.75, 3.05) is 23.6 Å². The average molecular weight is 311 g/mol. The lowest BCUT2D eigenvalue weighted by Gasteiger charge is -2.07. The van der Waals surface area contributed by atoms with Crippen molar-refractivity contribution in [3.8, 4) is 11.8 Å². The Bertz CT molecular complexity index is 647. The number of pyridine rings is 1. The zero-order valence-electron chi connectivity index (χ0n) is 11.6. The Labute approximate surface area is 123 Å². The first-order valence-electron chi connectivity index (χ1n) is 6.28. The molecule has 0 aliphatic heterocycles. The third kappa shape index (κ3) is 6.74. The summed E-state index contributed by atoms with van der Waals surface area (Å²) in [6.07, 6.45) is 1.22. The summed E-state index contributed by atoms with van der Waals surface area (Å²) in [7, 11) is -3.67. The maximum absolute atomic E-state index is 11.8. The lowest BCUT2D eigenvalue weighted by molar-refractivity contribution is -0.142. The third-order valence-electron chi connectivity index (χ3n) is 2.24. The van der Waals surface area contributed by atoms with Crippen LogP contribution in [0.5, 0.6) is 0 Å². The largest absolute Gasteiger partial charge is 0.466 e. The monoisotopic (exact) mass is 311 g/mol. The number of nitrogens with zero attached hydrogens (tertiary/aromatic N) is 1. The highest BCUT2D eigenvalue weighted by Gasteiger charge is 2.14. The van der Waals surface area contributed by atoms with Crippen molar-refractivity contribution in [2.45, 2.75) is 13.3 Å². The summed E-state index contributed by atoms with van der Waals surface area (Å²) in [6, 6.07) is 3.13. The van der Waals surface area contributed by atoms with Gasteiger partial charge in [0.25, 0.3) is 0 Å². The molecule has 0 fully saturated rings. The van der Waals surface area contributed by atoms with E-state index in [0.717, 1.165) is 0 Å². The third-order valence-corrected chi connectivity index (χ3v) is 3.50. The molecule has 1 heterocycles. The standard InChI is InChI=1S/C13H17N3O4S/c1-2-20-13(17)6-9-21(18,19)16-12-10-11(4-3-7-14)5-8-15-12/h5,8,10H,2,6-7,9,14H2,1H3,(H,15,16). The molecule has 0 aliphatic carbocycles. The van der Waals surface area contributed by atoms with Gasteiger partial charge in [0.05, 0.1) is 25.3 Å². The van der Waals surface area contributed by atoms with Crippen LogP contribution in [0.25, 0.3) is 0 Å². The maximum atomic E-state index is 11.8. The zero-order chi connectivity index (χ0) is 15.7. The maximum Gasteiger partial charge on any atom is 0.306 e. The van der Waals surface area contributed by atoms with E-state index in [1.54, 1.807) is 13.0 Å². The summed E-state index contributed by atoms with van der Waals surface area (Å²) in [5.74, 6) is 4.65. The molecular formula is C13H17N3O4S. The first-order valence-corrected chi connectivity index (χ1v) is 7.93. The van der Waals surface area contributed by atoms with Gasteiger partial charge in [-0.25, -0.2) is 13.4 Å². The molecule has 7 nitrogen and oxygen atoms in total. The van der Waals surface area contributed by atoms with E-state index in [9.17, 15) is 13.2 Å². The molecular weight excluding hydrogens is 294 g/mol. The number of nitrogens with two attached hydrogens (primary N) is 1. The van der Waals surface area contributed by atoms with Gasteiger partial charge in [-0.2, -0.15) is 0 Å². The minimum Gasteiger partial charge on any atom is -0.466 e. The van der Waals surface area contributed by atoms with E-state index < -0.39 is 16.0 Å². The van der Waals surface area contributed by atoms with Crippen molar-refractivity contribution >= 4 is 21.8 Å². The summed E-state index contributed by atoms with van der Waals surface area (Å²) >= 11 is 0. The molecule has 3 N–H and O–H groups in total. The Kier molecular flexibility index (Phi) is 6.65. The minimum atomic E-state index is -3.67. The van der Waals surface area contributed by atoms with Crippen LogP contribution in [0.2, 0.25) is 0 Å². The zero-order valence-corrected chi connectivity index (χ0v) is 12.4. The first kappa shape index (κ1) is 16.9. The fourth-order valence-corrected chi connectivity index (χ4v) is 2.35. The molecule has 1 rings (SSSR count). The lowest BCUT2D eigenvalue weighted by Crippen LogP contribution is -2.20. The molecule has 0 radical (unpaired) electrons. The van der Waals surface area contributed by atoms with Gasteiger partial charge in [0, 0.05) is 11.8 Å². The molecule has 0 atom stereocenters. The van der Waals surface area contributed by atoms with Gasteiger partial charge >= 0.3 is 5.97 Å². The number of rotatable bonds is 6. The molecule has 21 heavy (non-hydrogen) atoms. The van der Waals surface area contributed by atoms with E-state index in [2.05, 4.69) is 26.3 Å². The Morgan fingerprint density at radius 1 is 1.52 bits per heavy atom. The van der Waals surface area contributed by atoms with Gasteiger partial charge in [0.15, 0.2) is 0 Å². The Hall–Kier alpha value is -2.11. The van der Waals surface area contributed by atoms with Gasteiger partial charge < -0.3 is 10.5 Å². The van der Waals surface area contributed by atoms with Gasteiger partial charge in [0.2, 0.25) is 10.0 Å². The molecule has 0 aromatic carbocycles. The molecule has 0 saturated heterocycles. The van der Waals surface area contributed by atoms with Crippen LogP contribution in [0.4, 0.5) is 5.82 Å². The van der Waals surface area contributed by atoms with E-state index in [1.165, 1.54) is 12.3 Å². The molecule has 0 bridgehead atoms. The fraction of sp³-hybridized carbons (Fsp3) is 0.385. The summed E-state index contributed by atoms with van der Waals surface area (Å²) in [4.78, 5) is 15.0. The normalized spacial score (nSPS) is 10.4. The van der Waals surface area contributed by atoms with Gasteiger partial charge in [-0.1, -0.05) is 11.8 Å². The lowest BCUT2D eigenvalue weighted by atomic mass is 10.2. The average Bonchev–Trinajstić information content (AvgIpc) is 2.43. The smallest absolute Gasteiger partial charge is 0.306 e. The predicted molar refractivity (Wildman–Crippen MR) is 78.8 cm³/mol. The van der Waals surface area contributed by atoms with Crippen molar-refractivity contribution in [1.82, 2.24) is 4.98 Å². The number of carbonyl (C=O) groups is 1. The van der Waals surface area contributed by atoms with Gasteiger partial charge in [-0.05, 0) is 19.1 Å². The van der Waals surface area contributed by atoms with Gasteiger partial charge in [-0.15, -0.1) is 0 Å². The molecule has 0 saturated carbocycles. The van der Waals surface area contributed by atoms with E-state index in [0.29, 0.717) is 5.56 Å². The number of ether oxygens (including phenoxy) is 1. The first-order chi connectivity index (χ1) is 9.96. The van der Waals surface area contributed by atoms with Crippen LogP contribution in [0.1, 0.15) is 18.9 Å². The van der Waals surface area contributed by atoms with Crippen LogP contribution < -0.4 is 10.5 Å². The van der Waals surface area contributed by atoms with Crippen LogP contribution >= 0.6 is 0 Å². The SMILES string of the molecule is CCOC(=O)CCS(=O)(=O)Nc1cc(C#CCN)ccn1. The van der Waals surface area contributed by atoms with Crippen molar-refractivity contribution in [3.63, 3.8) is 0 Å². The number of hydrogen-bond acceptors (Lipinski definition) is 6. The highest BCUT2D eigenvalue weighted by atomic mass is 32.2. The van der Waals surface area contributed by atoms with E-state index >= 15 is 0 Å². The number of nitrogens with one attached hydrogen (secondary N) is 1. The van der Waals surface area contributed by atoms with Crippen molar-refractivity contribution in [3.05, 3.63) is 23.9 Å². The predicted octanol–water partition coefficient (Wildman–Crippen LogP) is 0.0867. The molecule has 1 aromatic rings. The summed E-state index contributed by atoms with van der Waals surface area (Å²) in [5, 5.41) is 0. The van der Waals surface area contributed by atoms with Crippen LogP contribution in [0, 0.1) is 11.8 Å². The number of esters is 1. The number of aromatic nitrogens is 1. The van der Waals surface area contributed by atoms with Crippen molar-refractivity contribution in [2.24, 2.45) is 5.73 Å². The second-order valence-corrected chi connectivity index (χ2v) is 5.75. The Morgan fingerprint density at radius 2 is 2.29 bits per heavy atom. The quantitative estimate of drug-likeness (QED) is 0.569. The topological polar surface area (TPSA) is 111 Å². The van der Waals surface area contributed by atoms with Crippen LogP contribution in [0.15, 0.2) is 18.3 Å². The molecule has 1 aromatic heterocycles. The molecule has 0 unspecified atom stereocenters. The summed E-state index contributed by atoms with van der Waals surface area (Å²) in [6.45, 7) is 2.08. The van der Waals surface area contributed by atoms with Gasteiger partial charge in [0.1, 0.15) is 5.82 Å².